The van der Waals surface area contributed by atoms with Crippen LogP contribution < -0.4 is 16.4 Å². The van der Waals surface area contributed by atoms with Gasteiger partial charge in [-0.3, -0.25) is 9.59 Å². The molecule has 4 heterocycles. The fourth-order valence-electron chi connectivity index (χ4n) is 4.08. The average Bonchev–Trinajstić information content (AvgIpc) is 3.29. The van der Waals surface area contributed by atoms with Crippen LogP contribution in [-0.4, -0.2) is 42.6 Å². The zero-order valence-corrected chi connectivity index (χ0v) is 19.3. The molecule has 4 N–H and O–H groups in total. The van der Waals surface area contributed by atoms with Crippen molar-refractivity contribution in [1.82, 2.24) is 24.7 Å². The van der Waals surface area contributed by atoms with E-state index in [0.29, 0.717) is 39.5 Å². The van der Waals surface area contributed by atoms with Crippen LogP contribution in [0.1, 0.15) is 31.9 Å². The number of pyridine rings is 1. The highest BCUT2D eigenvalue weighted by atomic mass is 19.1. The molecule has 11 heteroatoms. The number of anilines is 2. The minimum atomic E-state index is -0.929. The Kier molecular flexibility index (Phi) is 5.19. The fraction of sp³-hybridized carbons (Fsp3) is 0.250. The van der Waals surface area contributed by atoms with Gasteiger partial charge >= 0.3 is 0 Å². The summed E-state index contributed by atoms with van der Waals surface area (Å²) >= 11 is 0. The average molecular weight is 475 g/mol. The molecule has 1 aromatic carbocycles. The molecule has 0 saturated carbocycles. The maximum absolute atomic E-state index is 14.3. The molecule has 0 saturated heterocycles. The van der Waals surface area contributed by atoms with E-state index in [2.05, 4.69) is 30.7 Å². The van der Waals surface area contributed by atoms with Crippen LogP contribution in [0.15, 0.2) is 42.6 Å². The van der Waals surface area contributed by atoms with Gasteiger partial charge in [0, 0.05) is 11.8 Å². The van der Waals surface area contributed by atoms with Crippen molar-refractivity contribution >= 4 is 34.5 Å². The topological polar surface area (TPSA) is 141 Å². The molecule has 178 valence electrons. The number of rotatable bonds is 6. The molecule has 0 fully saturated rings. The Morgan fingerprint density at radius 2 is 2.00 bits per heavy atom. The van der Waals surface area contributed by atoms with Crippen LogP contribution in [0.4, 0.5) is 16.0 Å². The van der Waals surface area contributed by atoms with Gasteiger partial charge in [0.1, 0.15) is 29.2 Å². The van der Waals surface area contributed by atoms with Crippen molar-refractivity contribution in [2.24, 2.45) is 5.73 Å². The van der Waals surface area contributed by atoms with Crippen molar-refractivity contribution in [3.8, 4) is 11.5 Å². The number of primary amides is 1. The predicted octanol–water partition coefficient (Wildman–Crippen LogP) is 2.59. The van der Waals surface area contributed by atoms with Crippen molar-refractivity contribution < 1.29 is 14.0 Å². The monoisotopic (exact) mass is 474 g/mol. The van der Waals surface area contributed by atoms with Gasteiger partial charge in [0.05, 0.1) is 22.9 Å². The standard InChI is InChI=1S/C24H23FN8O2/c1-12(18(26)34)28-19-16-20(31-23(35)24(16,2)3)30-21(29-19)17-14-8-6-10-27-22(14)33(32-17)11-13-7-4-5-9-15(13)25/h4-10,12H,11H2,1-3H3,(H2,26,34)(H2,28,29,30,31,35). The van der Waals surface area contributed by atoms with Crippen molar-refractivity contribution in [1.29, 1.82) is 0 Å². The van der Waals surface area contributed by atoms with Crippen molar-refractivity contribution in [3.05, 3.63) is 59.5 Å². The molecular weight excluding hydrogens is 451 g/mol. The molecular formula is C24H23FN8O2. The highest BCUT2D eigenvalue weighted by molar-refractivity contribution is 6.07. The summed E-state index contributed by atoms with van der Waals surface area (Å²) < 4.78 is 15.9. The number of nitrogens with one attached hydrogen (secondary N) is 2. The largest absolute Gasteiger partial charge is 0.368 e. The van der Waals surface area contributed by atoms with E-state index in [9.17, 15) is 14.0 Å². The third-order valence-corrected chi connectivity index (χ3v) is 6.11. The third kappa shape index (κ3) is 3.74. The number of fused-ring (bicyclic) bond motifs is 2. The van der Waals surface area contributed by atoms with Crippen LogP contribution in [0.3, 0.4) is 0 Å². The lowest BCUT2D eigenvalue weighted by Crippen LogP contribution is -2.34. The van der Waals surface area contributed by atoms with Crippen LogP contribution in [0.5, 0.6) is 0 Å². The van der Waals surface area contributed by atoms with E-state index < -0.39 is 17.4 Å². The third-order valence-electron chi connectivity index (χ3n) is 6.11. The van der Waals surface area contributed by atoms with Crippen LogP contribution >= 0.6 is 0 Å². The Morgan fingerprint density at radius 3 is 2.74 bits per heavy atom. The Bertz CT molecular complexity index is 1500. The molecule has 1 unspecified atom stereocenters. The molecule has 4 aromatic rings. The van der Waals surface area contributed by atoms with Crippen LogP contribution in [-0.2, 0) is 21.5 Å². The summed E-state index contributed by atoms with van der Waals surface area (Å²) in [4.78, 5) is 38.1. The minimum Gasteiger partial charge on any atom is -0.368 e. The van der Waals surface area contributed by atoms with Gasteiger partial charge in [-0.25, -0.2) is 24.0 Å². The van der Waals surface area contributed by atoms with E-state index in [0.717, 1.165) is 0 Å². The number of carbonyl (C=O) groups excluding carboxylic acids is 2. The maximum Gasteiger partial charge on any atom is 0.239 e. The molecule has 1 aliphatic heterocycles. The molecule has 0 spiro atoms. The first-order valence-electron chi connectivity index (χ1n) is 11.0. The second-order valence-corrected chi connectivity index (χ2v) is 8.94. The summed E-state index contributed by atoms with van der Waals surface area (Å²) in [6.45, 7) is 5.26. The summed E-state index contributed by atoms with van der Waals surface area (Å²) in [5.74, 6) is -0.321. The number of benzene rings is 1. The molecule has 1 aliphatic rings. The van der Waals surface area contributed by atoms with E-state index in [1.807, 2.05) is 6.07 Å². The van der Waals surface area contributed by atoms with E-state index in [1.165, 1.54) is 6.07 Å². The van der Waals surface area contributed by atoms with Gasteiger partial charge in [-0.15, -0.1) is 0 Å². The fourth-order valence-corrected chi connectivity index (χ4v) is 4.08. The molecule has 0 radical (unpaired) electrons. The number of hydrogen-bond acceptors (Lipinski definition) is 7. The Hall–Kier alpha value is -4.41. The number of nitrogens with two attached hydrogens (primary N) is 1. The number of carbonyl (C=O) groups is 2. The van der Waals surface area contributed by atoms with E-state index in [1.54, 1.807) is 55.9 Å². The number of aromatic nitrogens is 5. The van der Waals surface area contributed by atoms with Crippen molar-refractivity contribution in [2.45, 2.75) is 38.8 Å². The first-order chi connectivity index (χ1) is 16.7. The van der Waals surface area contributed by atoms with Gasteiger partial charge in [0.15, 0.2) is 11.5 Å². The SMILES string of the molecule is CC(Nc1nc(-c2nn(Cc3ccccc3F)c3ncccc23)nc2c1C(C)(C)C(=O)N2)C(N)=O. The molecule has 0 aliphatic carbocycles. The lowest BCUT2D eigenvalue weighted by Gasteiger charge is -2.20. The summed E-state index contributed by atoms with van der Waals surface area (Å²) in [5.41, 5.74) is 6.44. The summed E-state index contributed by atoms with van der Waals surface area (Å²) in [7, 11) is 0. The van der Waals surface area contributed by atoms with E-state index in [4.69, 9.17) is 5.73 Å². The number of hydrogen-bond donors (Lipinski definition) is 3. The molecule has 0 bridgehead atoms. The molecule has 5 rings (SSSR count). The van der Waals surface area contributed by atoms with Gasteiger partial charge in [0.25, 0.3) is 0 Å². The summed E-state index contributed by atoms with van der Waals surface area (Å²) in [6.07, 6.45) is 1.62. The quantitative estimate of drug-likeness (QED) is 0.390. The predicted molar refractivity (Wildman–Crippen MR) is 128 cm³/mol. The molecule has 3 aromatic heterocycles. The van der Waals surface area contributed by atoms with Gasteiger partial charge in [-0.1, -0.05) is 18.2 Å². The number of amides is 2. The first-order valence-corrected chi connectivity index (χ1v) is 11.0. The smallest absolute Gasteiger partial charge is 0.239 e. The number of halogens is 1. The van der Waals surface area contributed by atoms with Gasteiger partial charge < -0.3 is 16.4 Å². The molecule has 2 amide bonds. The Labute approximate surface area is 199 Å². The van der Waals surface area contributed by atoms with Crippen LogP contribution in [0.25, 0.3) is 22.6 Å². The minimum absolute atomic E-state index is 0.151. The highest BCUT2D eigenvalue weighted by Gasteiger charge is 2.43. The lowest BCUT2D eigenvalue weighted by atomic mass is 9.87. The first kappa shape index (κ1) is 22.4. The summed E-state index contributed by atoms with van der Waals surface area (Å²) in [6, 6.07) is 9.28. The summed E-state index contributed by atoms with van der Waals surface area (Å²) in [5, 5.41) is 11.1. The second-order valence-electron chi connectivity index (χ2n) is 8.94. The molecule has 1 atom stereocenters. The second kappa shape index (κ2) is 8.12. The molecule has 10 nitrogen and oxygen atoms in total. The van der Waals surface area contributed by atoms with E-state index >= 15 is 0 Å². The van der Waals surface area contributed by atoms with Crippen LogP contribution in [0, 0.1) is 5.82 Å². The van der Waals surface area contributed by atoms with Gasteiger partial charge in [0.2, 0.25) is 11.8 Å². The van der Waals surface area contributed by atoms with E-state index in [-0.39, 0.29) is 24.1 Å². The Balaban J connectivity index is 1.68. The Morgan fingerprint density at radius 1 is 1.23 bits per heavy atom. The van der Waals surface area contributed by atoms with Crippen LogP contribution in [0.2, 0.25) is 0 Å². The maximum atomic E-state index is 14.3. The highest BCUT2D eigenvalue weighted by Crippen LogP contribution is 2.42. The molecule has 35 heavy (non-hydrogen) atoms. The van der Waals surface area contributed by atoms with Crippen molar-refractivity contribution in [2.75, 3.05) is 10.6 Å². The number of nitrogens with zero attached hydrogens (tertiary/aromatic N) is 5. The zero-order chi connectivity index (χ0) is 24.9. The normalized spacial score (nSPS) is 15.0. The van der Waals surface area contributed by atoms with Crippen molar-refractivity contribution in [3.63, 3.8) is 0 Å². The van der Waals surface area contributed by atoms with Gasteiger partial charge in [-0.2, -0.15) is 5.10 Å². The zero-order valence-electron chi connectivity index (χ0n) is 19.3. The van der Waals surface area contributed by atoms with Gasteiger partial charge in [-0.05, 0) is 39.0 Å². The lowest BCUT2D eigenvalue weighted by molar-refractivity contribution is -0.120.